The van der Waals surface area contributed by atoms with Gasteiger partial charge in [-0.05, 0) is 6.42 Å². The summed E-state index contributed by atoms with van der Waals surface area (Å²) in [5.41, 5.74) is 5.59. The van der Waals surface area contributed by atoms with Crippen LogP contribution in [0.4, 0.5) is 0 Å². The molecule has 0 aliphatic rings. The van der Waals surface area contributed by atoms with E-state index < -0.39 is 0 Å². The lowest BCUT2D eigenvalue weighted by molar-refractivity contribution is -0.109. The summed E-state index contributed by atoms with van der Waals surface area (Å²) < 4.78 is 0. The van der Waals surface area contributed by atoms with E-state index in [-0.39, 0.29) is 6.04 Å². The first-order valence-corrected chi connectivity index (χ1v) is 13.0. The number of nitrogens with two attached hydrogens (primary N) is 1. The molecule has 0 aliphatic carbocycles. The lowest BCUT2D eigenvalue weighted by atomic mass is 10.0. The lowest BCUT2D eigenvalue weighted by Crippen LogP contribution is -2.20. The van der Waals surface area contributed by atoms with E-state index in [0.717, 1.165) is 19.1 Å². The first-order chi connectivity index (χ1) is 13.8. The molecule has 0 saturated heterocycles. The van der Waals surface area contributed by atoms with Crippen molar-refractivity contribution in [1.82, 2.24) is 0 Å². The zero-order valence-electron chi connectivity index (χ0n) is 19.4. The van der Waals surface area contributed by atoms with Crippen molar-refractivity contribution >= 4 is 6.29 Å². The number of carbonyl (C=O) groups is 1. The van der Waals surface area contributed by atoms with Gasteiger partial charge in [-0.3, -0.25) is 0 Å². The molecule has 168 valence electrons. The van der Waals surface area contributed by atoms with Crippen LogP contribution in [0.2, 0.25) is 0 Å². The van der Waals surface area contributed by atoms with Gasteiger partial charge in [-0.25, -0.2) is 0 Å². The van der Waals surface area contributed by atoms with E-state index in [1.165, 1.54) is 135 Å². The van der Waals surface area contributed by atoms with Crippen LogP contribution in [-0.2, 0) is 4.79 Å². The zero-order valence-corrected chi connectivity index (χ0v) is 19.4. The summed E-state index contributed by atoms with van der Waals surface area (Å²) in [6.45, 7) is 2.29. The lowest BCUT2D eigenvalue weighted by Gasteiger charge is -2.05. The Balaban J connectivity index is 3.00. The summed E-state index contributed by atoms with van der Waals surface area (Å²) in [6.07, 6.45) is 32.8. The minimum Gasteiger partial charge on any atom is -0.322 e. The van der Waals surface area contributed by atoms with E-state index in [2.05, 4.69) is 6.92 Å². The third kappa shape index (κ3) is 23.7. The highest BCUT2D eigenvalue weighted by molar-refractivity contribution is 5.56. The fraction of sp³-hybridized carbons (Fsp3) is 0.962. The van der Waals surface area contributed by atoms with Crippen LogP contribution in [0.3, 0.4) is 0 Å². The Morgan fingerprint density at radius 1 is 0.500 bits per heavy atom. The molecular formula is C26H53NO. The summed E-state index contributed by atoms with van der Waals surface area (Å²) in [5.74, 6) is 0. The summed E-state index contributed by atoms with van der Waals surface area (Å²) in [5, 5.41) is 0. The molecule has 0 bridgehead atoms. The molecule has 0 aromatic heterocycles. The molecule has 0 fully saturated rings. The van der Waals surface area contributed by atoms with Crippen LogP contribution < -0.4 is 5.73 Å². The summed E-state index contributed by atoms with van der Waals surface area (Å²) >= 11 is 0. The number of hydrogen-bond donors (Lipinski definition) is 1. The van der Waals surface area contributed by atoms with E-state index in [4.69, 9.17) is 5.73 Å². The highest BCUT2D eigenvalue weighted by Gasteiger charge is 1.99. The molecule has 0 rings (SSSR count). The van der Waals surface area contributed by atoms with Gasteiger partial charge >= 0.3 is 0 Å². The molecule has 1 unspecified atom stereocenters. The van der Waals surface area contributed by atoms with Crippen LogP contribution in [0.1, 0.15) is 155 Å². The Labute approximate surface area is 177 Å². The topological polar surface area (TPSA) is 43.1 Å². The smallest absolute Gasteiger partial charge is 0.136 e. The van der Waals surface area contributed by atoms with E-state index >= 15 is 0 Å². The van der Waals surface area contributed by atoms with Crippen LogP contribution in [0, 0.1) is 0 Å². The van der Waals surface area contributed by atoms with E-state index in [0.29, 0.717) is 0 Å². The molecule has 2 heteroatoms. The maximum Gasteiger partial charge on any atom is 0.136 e. The van der Waals surface area contributed by atoms with Crippen molar-refractivity contribution in [3.05, 3.63) is 0 Å². The average Bonchev–Trinajstić information content (AvgIpc) is 2.71. The Hall–Kier alpha value is -0.370. The number of rotatable bonds is 24. The number of aldehydes is 1. The quantitative estimate of drug-likeness (QED) is 0.131. The fourth-order valence-corrected chi connectivity index (χ4v) is 4.06. The number of hydrogen-bond acceptors (Lipinski definition) is 2. The molecule has 0 saturated carbocycles. The molecule has 1 atom stereocenters. The highest BCUT2D eigenvalue weighted by atomic mass is 16.1. The Bertz CT molecular complexity index is 292. The molecule has 2 nitrogen and oxygen atoms in total. The summed E-state index contributed by atoms with van der Waals surface area (Å²) in [7, 11) is 0. The largest absolute Gasteiger partial charge is 0.322 e. The second-order valence-electron chi connectivity index (χ2n) is 9.01. The van der Waals surface area contributed by atoms with Crippen LogP contribution in [0.25, 0.3) is 0 Å². The van der Waals surface area contributed by atoms with Crippen molar-refractivity contribution in [1.29, 1.82) is 0 Å². The van der Waals surface area contributed by atoms with Crippen molar-refractivity contribution in [2.45, 2.75) is 161 Å². The molecule has 0 aromatic carbocycles. The molecule has 0 radical (unpaired) electrons. The molecular weight excluding hydrogens is 342 g/mol. The second-order valence-corrected chi connectivity index (χ2v) is 9.01. The first kappa shape index (κ1) is 27.6. The predicted octanol–water partition coefficient (Wildman–Crippen LogP) is 8.50. The van der Waals surface area contributed by atoms with Crippen LogP contribution in [0.15, 0.2) is 0 Å². The van der Waals surface area contributed by atoms with Gasteiger partial charge in [0.05, 0.1) is 6.04 Å². The monoisotopic (exact) mass is 395 g/mol. The van der Waals surface area contributed by atoms with Crippen molar-refractivity contribution in [3.63, 3.8) is 0 Å². The van der Waals surface area contributed by atoms with Crippen LogP contribution in [0.5, 0.6) is 0 Å². The van der Waals surface area contributed by atoms with Crippen molar-refractivity contribution < 1.29 is 4.79 Å². The second kappa shape index (κ2) is 24.7. The Morgan fingerprint density at radius 3 is 1.00 bits per heavy atom. The van der Waals surface area contributed by atoms with Gasteiger partial charge in [-0.15, -0.1) is 0 Å². The predicted molar refractivity (Wildman–Crippen MR) is 126 cm³/mol. The molecule has 28 heavy (non-hydrogen) atoms. The number of carbonyl (C=O) groups excluding carboxylic acids is 1. The van der Waals surface area contributed by atoms with Crippen LogP contribution in [-0.4, -0.2) is 12.3 Å². The van der Waals surface area contributed by atoms with Crippen molar-refractivity contribution in [2.75, 3.05) is 0 Å². The molecule has 0 aliphatic heterocycles. The Kier molecular flexibility index (Phi) is 24.3. The maximum absolute atomic E-state index is 10.4. The molecule has 0 amide bonds. The van der Waals surface area contributed by atoms with Gasteiger partial charge in [0, 0.05) is 0 Å². The van der Waals surface area contributed by atoms with Gasteiger partial charge in [0.2, 0.25) is 0 Å². The normalized spacial score (nSPS) is 12.4. The molecule has 0 heterocycles. The first-order valence-electron chi connectivity index (χ1n) is 13.0. The summed E-state index contributed by atoms with van der Waals surface area (Å²) in [4.78, 5) is 10.4. The van der Waals surface area contributed by atoms with Gasteiger partial charge in [-0.1, -0.05) is 148 Å². The minimum absolute atomic E-state index is 0.231. The highest BCUT2D eigenvalue weighted by Crippen LogP contribution is 2.15. The van der Waals surface area contributed by atoms with E-state index in [9.17, 15) is 4.79 Å². The summed E-state index contributed by atoms with van der Waals surface area (Å²) in [6, 6.07) is -0.231. The average molecular weight is 396 g/mol. The van der Waals surface area contributed by atoms with Gasteiger partial charge in [0.25, 0.3) is 0 Å². The SMILES string of the molecule is CCCCCCCCCCCCCCCCCCCCCCCCC(N)C=O. The van der Waals surface area contributed by atoms with Crippen molar-refractivity contribution in [2.24, 2.45) is 5.73 Å². The molecule has 0 spiro atoms. The minimum atomic E-state index is -0.231. The van der Waals surface area contributed by atoms with E-state index in [1.807, 2.05) is 0 Å². The standard InChI is InChI=1S/C26H53NO/c1-2-3-4-5-6-7-8-9-10-11-12-13-14-15-16-17-18-19-20-21-22-23-24-26(27)25-28/h25-26H,2-24,27H2,1H3. The fourth-order valence-electron chi connectivity index (χ4n) is 4.06. The molecule has 0 aromatic rings. The maximum atomic E-state index is 10.4. The van der Waals surface area contributed by atoms with Crippen molar-refractivity contribution in [3.8, 4) is 0 Å². The zero-order chi connectivity index (χ0) is 20.5. The van der Waals surface area contributed by atoms with Gasteiger partial charge in [0.1, 0.15) is 6.29 Å². The third-order valence-corrected chi connectivity index (χ3v) is 6.07. The van der Waals surface area contributed by atoms with E-state index in [1.54, 1.807) is 0 Å². The Morgan fingerprint density at radius 2 is 0.750 bits per heavy atom. The van der Waals surface area contributed by atoms with Crippen LogP contribution >= 0.6 is 0 Å². The van der Waals surface area contributed by atoms with Gasteiger partial charge < -0.3 is 10.5 Å². The van der Waals surface area contributed by atoms with Gasteiger partial charge in [0.15, 0.2) is 0 Å². The molecule has 2 N–H and O–H groups in total. The number of unbranched alkanes of at least 4 members (excludes halogenated alkanes) is 21. The third-order valence-electron chi connectivity index (χ3n) is 6.07. The van der Waals surface area contributed by atoms with Gasteiger partial charge in [-0.2, -0.15) is 0 Å².